The van der Waals surface area contributed by atoms with Crippen LogP contribution in [0, 0.1) is 0 Å². The van der Waals surface area contributed by atoms with Gasteiger partial charge in [0.2, 0.25) is 5.91 Å². The number of ether oxygens (including phenoxy) is 3. The molecule has 0 radical (unpaired) electrons. The number of carbonyl (C=O) groups excluding carboxylic acids is 1. The molecule has 25 heavy (non-hydrogen) atoms. The van der Waals surface area contributed by atoms with Crippen molar-refractivity contribution < 1.29 is 19.0 Å². The Morgan fingerprint density at radius 1 is 1.20 bits per heavy atom. The number of methoxy groups -OCH3 is 1. The maximum atomic E-state index is 12.3. The Kier molecular flexibility index (Phi) is 4.15. The van der Waals surface area contributed by atoms with Crippen LogP contribution in [-0.4, -0.2) is 31.2 Å². The second-order valence-corrected chi connectivity index (χ2v) is 6.59. The van der Waals surface area contributed by atoms with E-state index in [1.807, 2.05) is 36.4 Å². The predicted octanol–water partition coefficient (Wildman–Crippen LogP) is 3.26. The normalized spacial score (nSPS) is 12.8. The first-order valence-corrected chi connectivity index (χ1v) is 8.66. The number of amides is 1. The van der Waals surface area contributed by atoms with Crippen LogP contribution in [0.4, 0.5) is 5.13 Å². The molecule has 1 aromatic heterocycles. The first kappa shape index (κ1) is 15.7. The van der Waals surface area contributed by atoms with E-state index in [4.69, 9.17) is 14.2 Å². The lowest BCUT2D eigenvalue weighted by molar-refractivity contribution is -0.115. The van der Waals surface area contributed by atoms with Gasteiger partial charge in [-0.3, -0.25) is 4.79 Å². The quantitative estimate of drug-likeness (QED) is 0.777. The first-order valence-electron chi connectivity index (χ1n) is 7.84. The van der Waals surface area contributed by atoms with Crippen LogP contribution in [0.2, 0.25) is 0 Å². The van der Waals surface area contributed by atoms with Crippen LogP contribution in [0.3, 0.4) is 0 Å². The van der Waals surface area contributed by atoms with Crippen LogP contribution in [0.5, 0.6) is 17.2 Å². The first-order chi connectivity index (χ1) is 12.2. The summed E-state index contributed by atoms with van der Waals surface area (Å²) in [5.41, 5.74) is 1.70. The summed E-state index contributed by atoms with van der Waals surface area (Å²) in [4.78, 5) is 16.7. The molecule has 2 aromatic carbocycles. The predicted molar refractivity (Wildman–Crippen MR) is 95.9 cm³/mol. The molecule has 0 spiro atoms. The van der Waals surface area contributed by atoms with Crippen LogP contribution in [0.15, 0.2) is 36.4 Å². The second kappa shape index (κ2) is 6.60. The fraction of sp³-hybridized carbons (Fsp3) is 0.222. The number of benzene rings is 2. The van der Waals surface area contributed by atoms with Gasteiger partial charge in [-0.05, 0) is 35.9 Å². The molecule has 4 rings (SSSR count). The van der Waals surface area contributed by atoms with E-state index >= 15 is 0 Å². The van der Waals surface area contributed by atoms with Crippen molar-refractivity contribution in [2.75, 3.05) is 25.6 Å². The van der Waals surface area contributed by atoms with Crippen LogP contribution in [0.25, 0.3) is 10.2 Å². The Morgan fingerprint density at radius 3 is 2.88 bits per heavy atom. The SMILES string of the molecule is COc1ccc2nc(NC(=O)Cc3ccc4c(c3)OCCO4)sc2c1. The van der Waals surface area contributed by atoms with E-state index in [-0.39, 0.29) is 12.3 Å². The van der Waals surface area contributed by atoms with E-state index in [1.165, 1.54) is 11.3 Å². The summed E-state index contributed by atoms with van der Waals surface area (Å²) in [5, 5.41) is 3.43. The summed E-state index contributed by atoms with van der Waals surface area (Å²) in [7, 11) is 1.62. The van der Waals surface area contributed by atoms with Crippen LogP contribution in [0.1, 0.15) is 5.56 Å². The highest BCUT2D eigenvalue weighted by Crippen LogP contribution is 2.31. The van der Waals surface area contributed by atoms with Gasteiger partial charge in [0.1, 0.15) is 19.0 Å². The molecule has 6 nitrogen and oxygen atoms in total. The van der Waals surface area contributed by atoms with Gasteiger partial charge in [0.15, 0.2) is 16.6 Å². The van der Waals surface area contributed by atoms with Gasteiger partial charge in [0, 0.05) is 0 Å². The monoisotopic (exact) mass is 356 g/mol. The highest BCUT2D eigenvalue weighted by Gasteiger charge is 2.14. The number of nitrogens with one attached hydrogen (secondary N) is 1. The second-order valence-electron chi connectivity index (χ2n) is 5.56. The lowest BCUT2D eigenvalue weighted by atomic mass is 10.1. The van der Waals surface area contributed by atoms with E-state index in [0.29, 0.717) is 24.1 Å². The number of anilines is 1. The Bertz CT molecular complexity index is 938. The molecule has 7 heteroatoms. The van der Waals surface area contributed by atoms with Crippen molar-refractivity contribution in [1.29, 1.82) is 0 Å². The fourth-order valence-electron chi connectivity index (χ4n) is 2.63. The number of rotatable bonds is 4. The number of carbonyl (C=O) groups is 1. The van der Waals surface area contributed by atoms with E-state index in [1.54, 1.807) is 7.11 Å². The fourth-order valence-corrected chi connectivity index (χ4v) is 3.54. The number of aromatic nitrogens is 1. The number of hydrogen-bond acceptors (Lipinski definition) is 6. The lowest BCUT2D eigenvalue weighted by Crippen LogP contribution is -2.17. The van der Waals surface area contributed by atoms with Crippen LogP contribution in [-0.2, 0) is 11.2 Å². The molecule has 0 aliphatic carbocycles. The molecule has 1 N–H and O–H groups in total. The number of fused-ring (bicyclic) bond motifs is 2. The van der Waals surface area contributed by atoms with E-state index in [9.17, 15) is 4.79 Å². The largest absolute Gasteiger partial charge is 0.497 e. The molecule has 1 amide bonds. The molecule has 1 aliphatic heterocycles. The topological polar surface area (TPSA) is 69.7 Å². The average molecular weight is 356 g/mol. The molecular formula is C18H16N2O4S. The molecule has 2 heterocycles. The van der Waals surface area contributed by atoms with Crippen molar-refractivity contribution >= 4 is 32.6 Å². The highest BCUT2D eigenvalue weighted by molar-refractivity contribution is 7.22. The lowest BCUT2D eigenvalue weighted by Gasteiger charge is -2.18. The van der Waals surface area contributed by atoms with Gasteiger partial charge in [-0.25, -0.2) is 4.98 Å². The zero-order valence-electron chi connectivity index (χ0n) is 13.6. The van der Waals surface area contributed by atoms with Gasteiger partial charge in [0.25, 0.3) is 0 Å². The van der Waals surface area contributed by atoms with Gasteiger partial charge in [-0.2, -0.15) is 0 Å². The molecule has 3 aromatic rings. The Balaban J connectivity index is 1.46. The van der Waals surface area contributed by atoms with Crippen molar-refractivity contribution in [2.24, 2.45) is 0 Å². The minimum atomic E-state index is -0.123. The Morgan fingerprint density at radius 2 is 2.04 bits per heavy atom. The highest BCUT2D eigenvalue weighted by atomic mass is 32.1. The summed E-state index contributed by atoms with van der Waals surface area (Å²) < 4.78 is 17.2. The Hall–Kier alpha value is -2.80. The third-order valence-electron chi connectivity index (χ3n) is 3.81. The van der Waals surface area contributed by atoms with Gasteiger partial charge >= 0.3 is 0 Å². The molecular weight excluding hydrogens is 340 g/mol. The minimum Gasteiger partial charge on any atom is -0.497 e. The maximum absolute atomic E-state index is 12.3. The van der Waals surface area contributed by atoms with Crippen molar-refractivity contribution in [3.8, 4) is 17.2 Å². The third-order valence-corrected chi connectivity index (χ3v) is 4.75. The smallest absolute Gasteiger partial charge is 0.230 e. The van der Waals surface area contributed by atoms with Gasteiger partial charge in [-0.1, -0.05) is 17.4 Å². The molecule has 1 aliphatic rings. The molecule has 0 unspecified atom stereocenters. The van der Waals surface area contributed by atoms with Crippen LogP contribution >= 0.6 is 11.3 Å². The van der Waals surface area contributed by atoms with E-state index in [2.05, 4.69) is 10.3 Å². The van der Waals surface area contributed by atoms with Crippen LogP contribution < -0.4 is 19.5 Å². The van der Waals surface area contributed by atoms with Gasteiger partial charge < -0.3 is 19.5 Å². The van der Waals surface area contributed by atoms with E-state index < -0.39 is 0 Å². The number of hydrogen-bond donors (Lipinski definition) is 1. The standard InChI is InChI=1S/C18H16N2O4S/c1-22-12-3-4-13-16(10-12)25-18(19-13)20-17(21)9-11-2-5-14-15(8-11)24-7-6-23-14/h2-5,8,10H,6-7,9H2,1H3,(H,19,20,21). The maximum Gasteiger partial charge on any atom is 0.230 e. The van der Waals surface area contributed by atoms with Crippen molar-refractivity contribution in [3.63, 3.8) is 0 Å². The molecule has 0 saturated carbocycles. The van der Waals surface area contributed by atoms with Crippen molar-refractivity contribution in [3.05, 3.63) is 42.0 Å². The van der Waals surface area contributed by atoms with Crippen molar-refractivity contribution in [2.45, 2.75) is 6.42 Å². The minimum absolute atomic E-state index is 0.123. The summed E-state index contributed by atoms with van der Waals surface area (Å²) in [6, 6.07) is 11.2. The van der Waals surface area contributed by atoms with Crippen molar-refractivity contribution in [1.82, 2.24) is 4.98 Å². The average Bonchev–Trinajstić information content (AvgIpc) is 3.02. The molecule has 0 saturated heterocycles. The zero-order chi connectivity index (χ0) is 17.2. The summed E-state index contributed by atoms with van der Waals surface area (Å²) in [5.74, 6) is 2.05. The van der Waals surface area contributed by atoms with Gasteiger partial charge in [0.05, 0.1) is 23.7 Å². The molecule has 0 bridgehead atoms. The third kappa shape index (κ3) is 3.36. The van der Waals surface area contributed by atoms with Gasteiger partial charge in [-0.15, -0.1) is 0 Å². The summed E-state index contributed by atoms with van der Waals surface area (Å²) in [6.07, 6.45) is 0.246. The molecule has 0 fully saturated rings. The number of nitrogens with zero attached hydrogens (tertiary/aromatic N) is 1. The Labute approximate surface area is 148 Å². The summed E-state index contributed by atoms with van der Waals surface area (Å²) in [6.45, 7) is 1.08. The summed E-state index contributed by atoms with van der Waals surface area (Å²) >= 11 is 1.42. The zero-order valence-corrected chi connectivity index (χ0v) is 14.4. The van der Waals surface area contributed by atoms with E-state index in [0.717, 1.165) is 27.3 Å². The number of thiazole rings is 1. The molecule has 0 atom stereocenters. The molecule has 128 valence electrons.